The Hall–Kier alpha value is -2.11. The summed E-state index contributed by atoms with van der Waals surface area (Å²) >= 11 is 0. The Morgan fingerprint density at radius 3 is 2.62 bits per heavy atom. The molecule has 1 aromatic rings. The van der Waals surface area contributed by atoms with Gasteiger partial charge in [-0.3, -0.25) is 14.9 Å². The quantitative estimate of drug-likeness (QED) is 0.641. The number of nitrogens with zero attached hydrogens (tertiary/aromatic N) is 1. The number of aryl methyl sites for hydroxylation is 1. The SMILES string of the molecule is Cc1ccc([N+](=O)[O-])cc1NCC1(C(=O)O)CCCCC1. The molecule has 0 saturated heterocycles. The fourth-order valence-corrected chi connectivity index (χ4v) is 2.87. The predicted octanol–water partition coefficient (Wildman–Crippen LogP) is 3.35. The van der Waals surface area contributed by atoms with Crippen LogP contribution in [0.5, 0.6) is 0 Å². The molecule has 0 unspecified atom stereocenters. The highest BCUT2D eigenvalue weighted by Crippen LogP contribution is 2.37. The zero-order valence-corrected chi connectivity index (χ0v) is 12.1. The standard InChI is InChI=1S/C15H20N2O4/c1-11-5-6-12(17(20)21)9-13(11)16-10-15(14(18)19)7-3-2-4-8-15/h5-6,9,16H,2-4,7-8,10H2,1H3,(H,18,19). The van der Waals surface area contributed by atoms with Gasteiger partial charge in [0.1, 0.15) is 0 Å². The number of nitro benzene ring substituents is 1. The van der Waals surface area contributed by atoms with Gasteiger partial charge in [0.05, 0.1) is 10.3 Å². The number of carboxylic acid groups (broad SMARTS) is 1. The van der Waals surface area contributed by atoms with Gasteiger partial charge in [0, 0.05) is 24.4 Å². The van der Waals surface area contributed by atoms with Crippen molar-refractivity contribution in [1.82, 2.24) is 0 Å². The number of nitro groups is 1. The van der Waals surface area contributed by atoms with E-state index < -0.39 is 16.3 Å². The zero-order valence-electron chi connectivity index (χ0n) is 12.1. The Balaban J connectivity index is 2.15. The van der Waals surface area contributed by atoms with Crippen LogP contribution in [0.15, 0.2) is 18.2 Å². The van der Waals surface area contributed by atoms with E-state index in [0.29, 0.717) is 25.1 Å². The topological polar surface area (TPSA) is 92.5 Å². The summed E-state index contributed by atoms with van der Waals surface area (Å²) < 4.78 is 0. The maximum atomic E-state index is 11.6. The smallest absolute Gasteiger partial charge is 0.311 e. The van der Waals surface area contributed by atoms with Crippen LogP contribution in [0.3, 0.4) is 0 Å². The van der Waals surface area contributed by atoms with Crippen LogP contribution < -0.4 is 5.32 Å². The van der Waals surface area contributed by atoms with Crippen LogP contribution >= 0.6 is 0 Å². The molecule has 0 aromatic heterocycles. The molecule has 0 spiro atoms. The van der Waals surface area contributed by atoms with Gasteiger partial charge in [0.25, 0.3) is 5.69 Å². The molecule has 2 rings (SSSR count). The molecule has 0 aliphatic heterocycles. The van der Waals surface area contributed by atoms with Crippen LogP contribution in [-0.2, 0) is 4.79 Å². The van der Waals surface area contributed by atoms with Crippen molar-refractivity contribution in [3.05, 3.63) is 33.9 Å². The van der Waals surface area contributed by atoms with Gasteiger partial charge >= 0.3 is 5.97 Å². The first kappa shape index (κ1) is 15.3. The largest absolute Gasteiger partial charge is 0.481 e. The van der Waals surface area contributed by atoms with E-state index in [1.165, 1.54) is 12.1 Å². The molecule has 0 atom stereocenters. The van der Waals surface area contributed by atoms with E-state index in [1.807, 2.05) is 6.92 Å². The molecule has 6 heteroatoms. The summed E-state index contributed by atoms with van der Waals surface area (Å²) in [5.74, 6) is -0.780. The summed E-state index contributed by atoms with van der Waals surface area (Å²) in [5.41, 5.74) is 0.762. The van der Waals surface area contributed by atoms with Crippen LogP contribution in [0.2, 0.25) is 0 Å². The second kappa shape index (κ2) is 6.11. The number of rotatable bonds is 5. The van der Waals surface area contributed by atoms with Crippen LogP contribution in [0.25, 0.3) is 0 Å². The molecule has 0 radical (unpaired) electrons. The number of non-ortho nitro benzene ring substituents is 1. The van der Waals surface area contributed by atoms with Gasteiger partial charge in [-0.1, -0.05) is 25.3 Å². The van der Waals surface area contributed by atoms with Crippen LogP contribution in [0.1, 0.15) is 37.7 Å². The van der Waals surface area contributed by atoms with Gasteiger partial charge in [-0.25, -0.2) is 0 Å². The normalized spacial score (nSPS) is 17.2. The van der Waals surface area contributed by atoms with Crippen LogP contribution in [-0.4, -0.2) is 22.5 Å². The first-order chi connectivity index (χ1) is 9.94. The van der Waals surface area contributed by atoms with Crippen LogP contribution in [0.4, 0.5) is 11.4 Å². The number of hydrogen-bond acceptors (Lipinski definition) is 4. The molecule has 6 nitrogen and oxygen atoms in total. The molecule has 1 aliphatic rings. The lowest BCUT2D eigenvalue weighted by Gasteiger charge is -2.33. The van der Waals surface area contributed by atoms with E-state index in [2.05, 4.69) is 5.32 Å². The second-order valence-corrected chi connectivity index (χ2v) is 5.76. The Morgan fingerprint density at radius 2 is 2.05 bits per heavy atom. The van der Waals surface area contributed by atoms with Gasteiger partial charge in [-0.15, -0.1) is 0 Å². The summed E-state index contributed by atoms with van der Waals surface area (Å²) in [6, 6.07) is 4.59. The van der Waals surface area contributed by atoms with Crippen molar-refractivity contribution in [2.75, 3.05) is 11.9 Å². The summed E-state index contributed by atoms with van der Waals surface area (Å²) in [6.45, 7) is 2.16. The van der Waals surface area contributed by atoms with Gasteiger partial charge < -0.3 is 10.4 Å². The maximum Gasteiger partial charge on any atom is 0.311 e. The van der Waals surface area contributed by atoms with Crippen molar-refractivity contribution >= 4 is 17.3 Å². The number of benzene rings is 1. The zero-order chi connectivity index (χ0) is 15.5. The number of anilines is 1. The first-order valence-corrected chi connectivity index (χ1v) is 7.17. The third kappa shape index (κ3) is 3.32. The molecular formula is C15H20N2O4. The third-order valence-corrected chi connectivity index (χ3v) is 4.31. The minimum absolute atomic E-state index is 0.0103. The Bertz CT molecular complexity index is 551. The van der Waals surface area contributed by atoms with Gasteiger partial charge in [-0.2, -0.15) is 0 Å². The molecule has 1 aliphatic carbocycles. The van der Waals surface area contributed by atoms with Gasteiger partial charge in [-0.05, 0) is 25.3 Å². The van der Waals surface area contributed by atoms with E-state index >= 15 is 0 Å². The molecule has 1 aromatic carbocycles. The molecule has 1 saturated carbocycles. The van der Waals surface area contributed by atoms with Gasteiger partial charge in [0.15, 0.2) is 0 Å². The van der Waals surface area contributed by atoms with Crippen molar-refractivity contribution in [1.29, 1.82) is 0 Å². The van der Waals surface area contributed by atoms with Crippen molar-refractivity contribution in [2.45, 2.75) is 39.0 Å². The van der Waals surface area contributed by atoms with E-state index in [9.17, 15) is 20.0 Å². The third-order valence-electron chi connectivity index (χ3n) is 4.31. The summed E-state index contributed by atoms with van der Waals surface area (Å²) in [6.07, 6.45) is 4.22. The fraction of sp³-hybridized carbons (Fsp3) is 0.533. The molecule has 21 heavy (non-hydrogen) atoms. The molecule has 2 N–H and O–H groups in total. The fourth-order valence-electron chi connectivity index (χ4n) is 2.87. The Labute approximate surface area is 123 Å². The molecule has 114 valence electrons. The molecular weight excluding hydrogens is 272 g/mol. The lowest BCUT2D eigenvalue weighted by molar-refractivity contribution is -0.384. The van der Waals surface area contributed by atoms with E-state index in [4.69, 9.17) is 0 Å². The van der Waals surface area contributed by atoms with Gasteiger partial charge in [0.2, 0.25) is 0 Å². The number of carboxylic acids is 1. The number of aliphatic carboxylic acids is 1. The van der Waals surface area contributed by atoms with Crippen molar-refractivity contribution in [3.8, 4) is 0 Å². The number of hydrogen-bond donors (Lipinski definition) is 2. The number of nitrogens with one attached hydrogen (secondary N) is 1. The van der Waals surface area contributed by atoms with Crippen molar-refractivity contribution < 1.29 is 14.8 Å². The second-order valence-electron chi connectivity index (χ2n) is 5.76. The highest BCUT2D eigenvalue weighted by molar-refractivity contribution is 5.76. The molecule has 1 fully saturated rings. The lowest BCUT2D eigenvalue weighted by atomic mass is 9.74. The van der Waals surface area contributed by atoms with E-state index in [0.717, 1.165) is 24.8 Å². The monoisotopic (exact) mass is 292 g/mol. The van der Waals surface area contributed by atoms with Crippen molar-refractivity contribution in [3.63, 3.8) is 0 Å². The summed E-state index contributed by atoms with van der Waals surface area (Å²) in [5, 5.41) is 23.5. The van der Waals surface area contributed by atoms with Crippen molar-refractivity contribution in [2.24, 2.45) is 5.41 Å². The molecule has 0 bridgehead atoms. The van der Waals surface area contributed by atoms with Crippen LogP contribution in [0, 0.1) is 22.5 Å². The maximum absolute atomic E-state index is 11.6. The lowest BCUT2D eigenvalue weighted by Crippen LogP contribution is -2.39. The highest BCUT2D eigenvalue weighted by Gasteiger charge is 2.39. The molecule has 0 amide bonds. The minimum atomic E-state index is -0.780. The summed E-state index contributed by atoms with van der Waals surface area (Å²) in [7, 11) is 0. The predicted molar refractivity (Wildman–Crippen MR) is 79.5 cm³/mol. The minimum Gasteiger partial charge on any atom is -0.481 e. The number of carbonyl (C=O) groups is 1. The average molecular weight is 292 g/mol. The van der Waals surface area contributed by atoms with E-state index in [-0.39, 0.29) is 5.69 Å². The highest BCUT2D eigenvalue weighted by atomic mass is 16.6. The Kier molecular flexibility index (Phi) is 4.45. The Morgan fingerprint density at radius 1 is 1.38 bits per heavy atom. The first-order valence-electron chi connectivity index (χ1n) is 7.17. The average Bonchev–Trinajstić information content (AvgIpc) is 2.47. The summed E-state index contributed by atoms with van der Waals surface area (Å²) in [4.78, 5) is 22.0. The van der Waals surface area contributed by atoms with E-state index in [1.54, 1.807) is 6.07 Å². The molecule has 0 heterocycles.